The van der Waals surface area contributed by atoms with Gasteiger partial charge in [0.1, 0.15) is 0 Å². The van der Waals surface area contributed by atoms with E-state index in [-0.39, 0.29) is 0 Å². The van der Waals surface area contributed by atoms with Gasteiger partial charge < -0.3 is 5.32 Å². The number of rotatable bonds is 0. The maximum atomic E-state index is 3.28. The van der Waals surface area contributed by atoms with Crippen LogP contribution >= 0.6 is 0 Å². The normalized spacial score (nSPS) is 29.4. The predicted octanol–water partition coefficient (Wildman–Crippen LogP) is 1.27. The molecule has 0 aromatic carbocycles. The van der Waals surface area contributed by atoms with Crippen LogP contribution in [0.25, 0.3) is 0 Å². The van der Waals surface area contributed by atoms with Crippen molar-refractivity contribution in [2.24, 2.45) is 0 Å². The molecule has 0 aromatic rings. The van der Waals surface area contributed by atoms with Gasteiger partial charge >= 0.3 is 0 Å². The van der Waals surface area contributed by atoms with Gasteiger partial charge in [-0.2, -0.15) is 0 Å². The molecule has 0 bridgehead atoms. The number of hydrogen-bond donors (Lipinski definition) is 1. The molecular weight excluding hydrogens is 86.1 g/mol. The summed E-state index contributed by atoms with van der Waals surface area (Å²) in [6, 6.07) is 0.681. The van der Waals surface area contributed by atoms with E-state index in [1.54, 1.807) is 0 Å². The minimum Gasteiger partial charge on any atom is -0.386 e. The van der Waals surface area contributed by atoms with Gasteiger partial charge in [-0.05, 0) is 20.3 Å². The third kappa shape index (κ3) is 0.952. The molecule has 1 aliphatic rings. The fourth-order valence-corrected chi connectivity index (χ4v) is 0.860. The Labute approximate surface area is 44.4 Å². The molecule has 0 aromatic heterocycles. The van der Waals surface area contributed by atoms with E-state index < -0.39 is 0 Å². The van der Waals surface area contributed by atoms with Crippen molar-refractivity contribution in [3.63, 3.8) is 0 Å². The van der Waals surface area contributed by atoms with Crippen molar-refractivity contribution in [3.8, 4) is 0 Å². The highest BCUT2D eigenvalue weighted by molar-refractivity contribution is 5.04. The van der Waals surface area contributed by atoms with Crippen molar-refractivity contribution in [2.75, 3.05) is 0 Å². The Morgan fingerprint density at radius 3 is 2.71 bits per heavy atom. The lowest BCUT2D eigenvalue weighted by molar-refractivity contribution is 0.671. The summed E-state index contributed by atoms with van der Waals surface area (Å²) in [6.45, 7) is 4.29. The third-order valence-electron chi connectivity index (χ3n) is 1.25. The van der Waals surface area contributed by atoms with Crippen LogP contribution in [0.1, 0.15) is 20.3 Å². The van der Waals surface area contributed by atoms with Crippen LogP contribution in [0.5, 0.6) is 0 Å². The smallest absolute Gasteiger partial charge is 0.0265 e. The van der Waals surface area contributed by atoms with Crippen LogP contribution in [-0.2, 0) is 0 Å². The topological polar surface area (TPSA) is 12.0 Å². The Kier molecular flexibility index (Phi) is 1.05. The quantitative estimate of drug-likeness (QED) is 0.480. The van der Waals surface area contributed by atoms with Crippen LogP contribution in [0.2, 0.25) is 0 Å². The number of hydrogen-bond acceptors (Lipinski definition) is 1. The first kappa shape index (κ1) is 4.69. The summed E-state index contributed by atoms with van der Waals surface area (Å²) >= 11 is 0. The molecule has 1 rings (SSSR count). The van der Waals surface area contributed by atoms with Crippen molar-refractivity contribution in [2.45, 2.75) is 26.3 Å². The summed E-state index contributed by atoms with van der Waals surface area (Å²) in [6.07, 6.45) is 3.43. The molecule has 1 heterocycles. The van der Waals surface area contributed by atoms with Crippen molar-refractivity contribution >= 4 is 0 Å². The van der Waals surface area contributed by atoms with Crippen LogP contribution in [0.15, 0.2) is 11.8 Å². The predicted molar refractivity (Wildman–Crippen MR) is 31.0 cm³/mol. The van der Waals surface area contributed by atoms with E-state index in [2.05, 4.69) is 25.2 Å². The molecule has 1 nitrogen and oxygen atoms in total. The molecule has 1 atom stereocenters. The van der Waals surface area contributed by atoms with Gasteiger partial charge in [-0.1, -0.05) is 6.08 Å². The summed E-state index contributed by atoms with van der Waals surface area (Å²) < 4.78 is 0. The van der Waals surface area contributed by atoms with Gasteiger partial charge in [0, 0.05) is 11.7 Å². The van der Waals surface area contributed by atoms with Crippen LogP contribution in [0.3, 0.4) is 0 Å². The molecule has 0 amide bonds. The highest BCUT2D eigenvalue weighted by atomic mass is 14.9. The first-order valence-corrected chi connectivity index (χ1v) is 2.72. The minimum absolute atomic E-state index is 0.681. The zero-order valence-electron chi connectivity index (χ0n) is 4.86. The summed E-state index contributed by atoms with van der Waals surface area (Å²) in [5.74, 6) is 0. The molecule has 40 valence electrons. The maximum absolute atomic E-state index is 3.28. The fraction of sp³-hybridized carbons (Fsp3) is 0.667. The molecule has 1 N–H and O–H groups in total. The van der Waals surface area contributed by atoms with E-state index >= 15 is 0 Å². The summed E-state index contributed by atoms with van der Waals surface area (Å²) in [5, 5.41) is 3.28. The Bertz CT molecular complexity index is 94.4. The minimum atomic E-state index is 0.681. The second-order valence-electron chi connectivity index (χ2n) is 2.17. The number of allylic oxidation sites excluding steroid dienone is 1. The van der Waals surface area contributed by atoms with Crippen LogP contribution in [-0.4, -0.2) is 6.04 Å². The molecule has 0 unspecified atom stereocenters. The van der Waals surface area contributed by atoms with Gasteiger partial charge in [0.25, 0.3) is 0 Å². The second kappa shape index (κ2) is 1.57. The summed E-state index contributed by atoms with van der Waals surface area (Å²) in [7, 11) is 0. The Hall–Kier alpha value is -0.460. The molecule has 0 aliphatic carbocycles. The standard InChI is InChI=1S/C6H11N/c1-5-3-4-6(2)7-5/h3,6-7H,4H2,1-2H3/t6-/m1/s1. The molecule has 0 fully saturated rings. The van der Waals surface area contributed by atoms with Crippen molar-refractivity contribution in [3.05, 3.63) is 11.8 Å². The molecule has 1 aliphatic heterocycles. The lowest BCUT2D eigenvalue weighted by atomic mass is 10.3. The van der Waals surface area contributed by atoms with E-state index in [1.165, 1.54) is 12.1 Å². The number of nitrogens with one attached hydrogen (secondary N) is 1. The average molecular weight is 97.2 g/mol. The van der Waals surface area contributed by atoms with Gasteiger partial charge in [0.15, 0.2) is 0 Å². The van der Waals surface area contributed by atoms with Crippen molar-refractivity contribution < 1.29 is 0 Å². The van der Waals surface area contributed by atoms with E-state index in [9.17, 15) is 0 Å². The third-order valence-corrected chi connectivity index (χ3v) is 1.25. The van der Waals surface area contributed by atoms with Crippen LogP contribution in [0, 0.1) is 0 Å². The van der Waals surface area contributed by atoms with E-state index in [0.29, 0.717) is 6.04 Å². The Morgan fingerprint density at radius 1 is 1.86 bits per heavy atom. The lowest BCUT2D eigenvalue weighted by Crippen LogP contribution is -2.16. The van der Waals surface area contributed by atoms with Gasteiger partial charge in [-0.15, -0.1) is 0 Å². The van der Waals surface area contributed by atoms with Crippen molar-refractivity contribution in [1.82, 2.24) is 5.32 Å². The summed E-state index contributed by atoms with van der Waals surface area (Å²) in [5.41, 5.74) is 1.33. The summed E-state index contributed by atoms with van der Waals surface area (Å²) in [4.78, 5) is 0. The monoisotopic (exact) mass is 97.1 g/mol. The van der Waals surface area contributed by atoms with E-state index in [1.807, 2.05) is 0 Å². The van der Waals surface area contributed by atoms with Gasteiger partial charge in [0.05, 0.1) is 0 Å². The van der Waals surface area contributed by atoms with Crippen LogP contribution < -0.4 is 5.32 Å². The molecule has 0 spiro atoms. The second-order valence-corrected chi connectivity index (χ2v) is 2.17. The molecule has 0 radical (unpaired) electrons. The van der Waals surface area contributed by atoms with E-state index in [4.69, 9.17) is 0 Å². The molecule has 0 saturated carbocycles. The largest absolute Gasteiger partial charge is 0.386 e. The van der Waals surface area contributed by atoms with Gasteiger partial charge in [0.2, 0.25) is 0 Å². The first-order valence-electron chi connectivity index (χ1n) is 2.72. The van der Waals surface area contributed by atoms with E-state index in [0.717, 1.165) is 0 Å². The zero-order valence-corrected chi connectivity index (χ0v) is 4.86. The first-order chi connectivity index (χ1) is 3.29. The molecule has 7 heavy (non-hydrogen) atoms. The lowest BCUT2D eigenvalue weighted by Gasteiger charge is -2.01. The average Bonchev–Trinajstić information content (AvgIpc) is 1.87. The highest BCUT2D eigenvalue weighted by Crippen LogP contribution is 2.05. The molecule has 0 saturated heterocycles. The van der Waals surface area contributed by atoms with Gasteiger partial charge in [-0.3, -0.25) is 0 Å². The van der Waals surface area contributed by atoms with Crippen molar-refractivity contribution in [1.29, 1.82) is 0 Å². The highest BCUT2D eigenvalue weighted by Gasteiger charge is 2.04. The van der Waals surface area contributed by atoms with Crippen LogP contribution in [0.4, 0.5) is 0 Å². The Balaban J connectivity index is 2.42. The zero-order chi connectivity index (χ0) is 5.28. The Morgan fingerprint density at radius 2 is 2.57 bits per heavy atom. The SMILES string of the molecule is CC1=CC[C@@H](C)N1. The maximum Gasteiger partial charge on any atom is 0.0265 e. The fourth-order valence-electron chi connectivity index (χ4n) is 0.860. The van der Waals surface area contributed by atoms with Gasteiger partial charge in [-0.25, -0.2) is 0 Å². The molecule has 1 heteroatoms. The molecular formula is C6H11N.